The molecule has 2 heterocycles. The number of nitrogens with one attached hydrogen (secondary N) is 1. The largest absolute Gasteiger partial charge is 0.300 e. The van der Waals surface area contributed by atoms with Crippen LogP contribution in [0.15, 0.2) is 94.5 Å². The molecule has 4 rings (SSSR count). The molecule has 1 N–H and O–H groups in total. The quantitative estimate of drug-likeness (QED) is 0.785. The maximum absolute atomic E-state index is 3.33. The van der Waals surface area contributed by atoms with Gasteiger partial charge in [-0.1, -0.05) is 54.3 Å². The fourth-order valence-electron chi connectivity index (χ4n) is 2.55. The lowest BCUT2D eigenvalue weighted by Gasteiger charge is -2.22. The highest BCUT2D eigenvalue weighted by Crippen LogP contribution is 2.30. The van der Waals surface area contributed by atoms with Crippen LogP contribution in [0.5, 0.6) is 0 Å². The lowest BCUT2D eigenvalue weighted by Crippen LogP contribution is -2.29. The average molecular weight is 314 g/mol. The van der Waals surface area contributed by atoms with Crippen molar-refractivity contribution in [3.8, 4) is 11.8 Å². The first kappa shape index (κ1) is 13.7. The van der Waals surface area contributed by atoms with E-state index < -0.39 is 0 Å². The summed E-state index contributed by atoms with van der Waals surface area (Å²) in [5.74, 6) is 6.53. The predicted molar refractivity (Wildman–Crippen MR) is 96.6 cm³/mol. The summed E-state index contributed by atoms with van der Waals surface area (Å²) < 4.78 is 0. The molecule has 1 aromatic carbocycles. The van der Waals surface area contributed by atoms with Gasteiger partial charge < -0.3 is 0 Å². The van der Waals surface area contributed by atoms with Crippen LogP contribution in [0.1, 0.15) is 5.56 Å². The van der Waals surface area contributed by atoms with Gasteiger partial charge in [0.1, 0.15) is 0 Å². The molecule has 0 saturated carbocycles. The molecule has 1 aliphatic carbocycles. The van der Waals surface area contributed by atoms with E-state index >= 15 is 0 Å². The molecule has 0 spiro atoms. The maximum Gasteiger partial charge on any atom is 0.0874 e. The van der Waals surface area contributed by atoms with Gasteiger partial charge in [-0.2, -0.15) is 11.3 Å². The third-order valence-corrected chi connectivity index (χ3v) is 4.31. The summed E-state index contributed by atoms with van der Waals surface area (Å²) in [4.78, 5) is 0. The summed E-state index contributed by atoms with van der Waals surface area (Å²) >= 11 is 1.66. The fraction of sp³-hybridized carbons (Fsp3) is 0. The predicted octanol–water partition coefficient (Wildman–Crippen LogP) is 4.39. The Labute approximate surface area is 139 Å². The van der Waals surface area contributed by atoms with Crippen molar-refractivity contribution in [1.29, 1.82) is 0 Å². The van der Waals surface area contributed by atoms with Crippen LogP contribution in [0.4, 0.5) is 5.69 Å². The number of nitrogens with zero attached hydrogens (tertiary/aromatic N) is 1. The lowest BCUT2D eigenvalue weighted by molar-refractivity contribution is 0.888. The van der Waals surface area contributed by atoms with E-state index in [0.29, 0.717) is 0 Å². The minimum atomic E-state index is 0.992. The third kappa shape index (κ3) is 2.73. The van der Waals surface area contributed by atoms with Crippen molar-refractivity contribution in [2.75, 3.05) is 5.01 Å². The molecule has 110 valence electrons. The number of allylic oxidation sites excluding steroid dienone is 6. The number of hydrogen-bond acceptors (Lipinski definition) is 3. The summed E-state index contributed by atoms with van der Waals surface area (Å²) in [5.41, 5.74) is 8.70. The first-order valence-electron chi connectivity index (χ1n) is 7.37. The van der Waals surface area contributed by atoms with Crippen LogP contribution in [0, 0.1) is 11.8 Å². The Hall–Kier alpha value is -2.96. The van der Waals surface area contributed by atoms with Crippen molar-refractivity contribution in [1.82, 2.24) is 5.43 Å². The van der Waals surface area contributed by atoms with Crippen LogP contribution in [-0.4, -0.2) is 0 Å². The maximum atomic E-state index is 3.33. The number of hydrogen-bond donors (Lipinski definition) is 1. The Kier molecular flexibility index (Phi) is 3.59. The second-order valence-electron chi connectivity index (χ2n) is 5.14. The first-order valence-corrected chi connectivity index (χ1v) is 8.31. The second-order valence-corrected chi connectivity index (χ2v) is 5.92. The Morgan fingerprint density at radius 2 is 1.78 bits per heavy atom. The van der Waals surface area contributed by atoms with Crippen molar-refractivity contribution < 1.29 is 0 Å². The summed E-state index contributed by atoms with van der Waals surface area (Å²) in [5, 5.41) is 6.18. The Balaban J connectivity index is 1.74. The summed E-state index contributed by atoms with van der Waals surface area (Å²) in [7, 11) is 0. The van der Waals surface area contributed by atoms with Gasteiger partial charge in [0, 0.05) is 22.7 Å². The first-order chi connectivity index (χ1) is 11.4. The van der Waals surface area contributed by atoms with Gasteiger partial charge in [0.25, 0.3) is 0 Å². The standard InChI is InChI=1S/C20H14N2S/c1-2-8-19(9-3-1)22-20(17-6-4-5-7-17)18(14-21-22)11-10-16-12-13-23-15-16/h1-9,12-15,21H. The summed E-state index contributed by atoms with van der Waals surface area (Å²) in [6.07, 6.45) is 10.3. The van der Waals surface area contributed by atoms with E-state index in [9.17, 15) is 0 Å². The molecule has 2 aromatic rings. The average Bonchev–Trinajstić information content (AvgIpc) is 3.34. The van der Waals surface area contributed by atoms with E-state index in [0.717, 1.165) is 28.1 Å². The van der Waals surface area contributed by atoms with Crippen LogP contribution in [0.25, 0.3) is 0 Å². The number of anilines is 1. The normalized spacial score (nSPS) is 15.5. The summed E-state index contributed by atoms with van der Waals surface area (Å²) in [6, 6.07) is 12.3. The van der Waals surface area contributed by atoms with Crippen molar-refractivity contribution in [2.24, 2.45) is 0 Å². The molecule has 1 aromatic heterocycles. The zero-order chi connectivity index (χ0) is 15.5. The molecule has 0 saturated heterocycles. The van der Waals surface area contributed by atoms with E-state index in [1.807, 2.05) is 48.0 Å². The van der Waals surface area contributed by atoms with Gasteiger partial charge in [0.15, 0.2) is 0 Å². The van der Waals surface area contributed by atoms with Crippen LogP contribution in [0.2, 0.25) is 0 Å². The smallest absolute Gasteiger partial charge is 0.0874 e. The molecule has 2 aliphatic rings. The van der Waals surface area contributed by atoms with E-state index in [4.69, 9.17) is 0 Å². The highest BCUT2D eigenvalue weighted by Gasteiger charge is 2.23. The number of hydrazine groups is 1. The molecule has 0 fully saturated rings. The molecule has 0 radical (unpaired) electrons. The van der Waals surface area contributed by atoms with E-state index in [1.165, 1.54) is 0 Å². The van der Waals surface area contributed by atoms with Gasteiger partial charge in [-0.3, -0.25) is 10.4 Å². The van der Waals surface area contributed by atoms with E-state index in [-0.39, 0.29) is 0 Å². The van der Waals surface area contributed by atoms with E-state index in [2.05, 4.69) is 51.9 Å². The van der Waals surface area contributed by atoms with Crippen LogP contribution in [-0.2, 0) is 0 Å². The monoisotopic (exact) mass is 314 g/mol. The summed E-state index contributed by atoms with van der Waals surface area (Å²) in [6.45, 7) is 0. The molecular formula is C20H14N2S. The minimum Gasteiger partial charge on any atom is -0.300 e. The zero-order valence-corrected chi connectivity index (χ0v) is 13.2. The molecule has 23 heavy (non-hydrogen) atoms. The Bertz CT molecular complexity index is 874. The van der Waals surface area contributed by atoms with Crippen molar-refractivity contribution in [2.45, 2.75) is 0 Å². The fourth-order valence-corrected chi connectivity index (χ4v) is 3.14. The molecule has 1 aliphatic heterocycles. The molecular weight excluding hydrogens is 300 g/mol. The van der Waals surface area contributed by atoms with Crippen molar-refractivity contribution in [3.63, 3.8) is 0 Å². The van der Waals surface area contributed by atoms with E-state index in [1.54, 1.807) is 11.3 Å². The topological polar surface area (TPSA) is 15.3 Å². The van der Waals surface area contributed by atoms with Crippen molar-refractivity contribution >= 4 is 17.0 Å². The lowest BCUT2D eigenvalue weighted by atomic mass is 10.1. The highest BCUT2D eigenvalue weighted by atomic mass is 32.1. The van der Waals surface area contributed by atoms with Crippen LogP contribution >= 0.6 is 11.3 Å². The Morgan fingerprint density at radius 3 is 2.52 bits per heavy atom. The zero-order valence-electron chi connectivity index (χ0n) is 12.4. The number of thiophene rings is 1. The van der Waals surface area contributed by atoms with Gasteiger partial charge >= 0.3 is 0 Å². The number of benzene rings is 1. The molecule has 0 amide bonds. The van der Waals surface area contributed by atoms with Gasteiger partial charge in [-0.05, 0) is 23.6 Å². The molecule has 3 heteroatoms. The molecule has 0 atom stereocenters. The molecule has 0 bridgehead atoms. The number of para-hydroxylation sites is 1. The van der Waals surface area contributed by atoms with Crippen LogP contribution in [0.3, 0.4) is 0 Å². The van der Waals surface area contributed by atoms with Gasteiger partial charge in [0.2, 0.25) is 0 Å². The van der Waals surface area contributed by atoms with Gasteiger partial charge in [-0.15, -0.1) is 0 Å². The van der Waals surface area contributed by atoms with Crippen LogP contribution < -0.4 is 10.4 Å². The number of rotatable bonds is 1. The third-order valence-electron chi connectivity index (χ3n) is 3.63. The minimum absolute atomic E-state index is 0.992. The Morgan fingerprint density at radius 1 is 0.957 bits per heavy atom. The molecule has 2 nitrogen and oxygen atoms in total. The SMILES string of the molecule is C(#Cc1ccsc1)C1=CNN(c2ccccc2)C1=C1C=CC=C1. The van der Waals surface area contributed by atoms with Gasteiger partial charge in [0.05, 0.1) is 17.0 Å². The molecule has 0 unspecified atom stereocenters. The second kappa shape index (κ2) is 6.04. The van der Waals surface area contributed by atoms with Crippen molar-refractivity contribution in [3.05, 3.63) is 100 Å². The van der Waals surface area contributed by atoms with Gasteiger partial charge in [-0.25, -0.2) is 0 Å². The highest BCUT2D eigenvalue weighted by molar-refractivity contribution is 7.08.